The number of benzene rings is 2. The Morgan fingerprint density at radius 3 is 2.39 bits per heavy atom. The second-order valence-electron chi connectivity index (χ2n) is 5.56. The maximum absolute atomic E-state index is 12.3. The van der Waals surface area contributed by atoms with Gasteiger partial charge < -0.3 is 15.8 Å². The summed E-state index contributed by atoms with van der Waals surface area (Å²) in [5.41, 5.74) is 7.83. The molecule has 0 atom stereocenters. The third-order valence-electron chi connectivity index (χ3n) is 3.16. The third-order valence-corrected chi connectivity index (χ3v) is 3.16. The van der Waals surface area contributed by atoms with Crippen LogP contribution in [-0.4, -0.2) is 12.5 Å². The maximum Gasteiger partial charge on any atom is 0.255 e. The standard InChI is InChI=1S/C18H22N2O2.ClH/c1-13(2)12-22-17-6-4-3-5-16(17)20-18(21)15-9-7-14(11-19)8-10-15;/h3-10,13H,11-12,19H2,1-2H3,(H,20,21);1H. The average Bonchev–Trinajstić information content (AvgIpc) is 2.54. The summed E-state index contributed by atoms with van der Waals surface area (Å²) in [7, 11) is 0. The van der Waals surface area contributed by atoms with Crippen LogP contribution in [-0.2, 0) is 6.54 Å². The van der Waals surface area contributed by atoms with Crippen LogP contribution in [0.2, 0.25) is 0 Å². The number of hydrogen-bond donors (Lipinski definition) is 2. The van der Waals surface area contributed by atoms with E-state index in [4.69, 9.17) is 10.5 Å². The normalized spacial score (nSPS) is 10.1. The van der Waals surface area contributed by atoms with Gasteiger partial charge in [-0.15, -0.1) is 12.4 Å². The van der Waals surface area contributed by atoms with Gasteiger partial charge in [0.15, 0.2) is 0 Å². The minimum atomic E-state index is -0.163. The number of nitrogens with one attached hydrogen (secondary N) is 1. The van der Waals surface area contributed by atoms with Crippen molar-refractivity contribution >= 4 is 24.0 Å². The Balaban J connectivity index is 0.00000264. The van der Waals surface area contributed by atoms with Gasteiger partial charge in [0.1, 0.15) is 5.75 Å². The molecule has 0 aliphatic carbocycles. The number of amides is 1. The van der Waals surface area contributed by atoms with Gasteiger partial charge >= 0.3 is 0 Å². The first kappa shape index (κ1) is 19.0. The number of carbonyl (C=O) groups is 1. The van der Waals surface area contributed by atoms with Crippen LogP contribution in [0.1, 0.15) is 29.8 Å². The topological polar surface area (TPSA) is 64.3 Å². The van der Waals surface area contributed by atoms with Crippen LogP contribution in [0, 0.1) is 5.92 Å². The van der Waals surface area contributed by atoms with E-state index in [1.807, 2.05) is 36.4 Å². The zero-order valence-electron chi connectivity index (χ0n) is 13.4. The van der Waals surface area contributed by atoms with Crippen molar-refractivity contribution < 1.29 is 9.53 Å². The van der Waals surface area contributed by atoms with Crippen molar-refractivity contribution in [3.63, 3.8) is 0 Å². The predicted molar refractivity (Wildman–Crippen MR) is 96.3 cm³/mol. The number of halogens is 1. The van der Waals surface area contributed by atoms with E-state index in [1.54, 1.807) is 12.1 Å². The molecule has 5 heteroatoms. The second kappa shape index (κ2) is 9.18. The van der Waals surface area contributed by atoms with Crippen LogP contribution in [0.15, 0.2) is 48.5 Å². The molecule has 2 aromatic rings. The van der Waals surface area contributed by atoms with E-state index < -0.39 is 0 Å². The van der Waals surface area contributed by atoms with Gasteiger partial charge in [0, 0.05) is 12.1 Å². The van der Waals surface area contributed by atoms with Crippen LogP contribution < -0.4 is 15.8 Å². The number of rotatable bonds is 6. The van der Waals surface area contributed by atoms with Crippen molar-refractivity contribution in [1.29, 1.82) is 0 Å². The SMILES string of the molecule is CC(C)COc1ccccc1NC(=O)c1ccc(CN)cc1.Cl. The van der Waals surface area contributed by atoms with E-state index in [-0.39, 0.29) is 18.3 Å². The number of carbonyl (C=O) groups excluding carboxylic acids is 1. The van der Waals surface area contributed by atoms with Crippen LogP contribution in [0.3, 0.4) is 0 Å². The van der Waals surface area contributed by atoms with Crippen molar-refractivity contribution in [2.45, 2.75) is 20.4 Å². The number of nitrogens with two attached hydrogens (primary N) is 1. The molecule has 2 aromatic carbocycles. The maximum atomic E-state index is 12.3. The number of ether oxygens (including phenoxy) is 1. The molecule has 0 saturated carbocycles. The van der Waals surface area contributed by atoms with Gasteiger partial charge in [0.2, 0.25) is 0 Å². The van der Waals surface area contributed by atoms with Crippen molar-refractivity contribution in [2.75, 3.05) is 11.9 Å². The van der Waals surface area contributed by atoms with Gasteiger partial charge in [-0.05, 0) is 35.7 Å². The van der Waals surface area contributed by atoms with Crippen LogP contribution in [0.5, 0.6) is 5.75 Å². The van der Waals surface area contributed by atoms with Crippen molar-refractivity contribution in [3.8, 4) is 5.75 Å². The Kier molecular flexibility index (Phi) is 7.59. The molecule has 1 amide bonds. The Morgan fingerprint density at radius 2 is 1.78 bits per heavy atom. The summed E-state index contributed by atoms with van der Waals surface area (Å²) in [5, 5.41) is 2.89. The molecule has 0 saturated heterocycles. The summed E-state index contributed by atoms with van der Waals surface area (Å²) in [5.74, 6) is 0.944. The van der Waals surface area contributed by atoms with Crippen LogP contribution in [0.25, 0.3) is 0 Å². The minimum Gasteiger partial charge on any atom is -0.491 e. The molecule has 0 fully saturated rings. The molecule has 2 rings (SSSR count). The van der Waals surface area contributed by atoms with E-state index in [1.165, 1.54) is 0 Å². The quantitative estimate of drug-likeness (QED) is 0.843. The largest absolute Gasteiger partial charge is 0.491 e. The molecule has 0 aromatic heterocycles. The summed E-state index contributed by atoms with van der Waals surface area (Å²) in [6, 6.07) is 14.7. The highest BCUT2D eigenvalue weighted by molar-refractivity contribution is 6.05. The summed E-state index contributed by atoms with van der Waals surface area (Å²) in [4.78, 5) is 12.3. The minimum absolute atomic E-state index is 0. The fourth-order valence-electron chi connectivity index (χ4n) is 1.94. The highest BCUT2D eigenvalue weighted by atomic mass is 35.5. The molecular weight excluding hydrogens is 312 g/mol. The molecule has 124 valence electrons. The lowest BCUT2D eigenvalue weighted by atomic mass is 10.1. The summed E-state index contributed by atoms with van der Waals surface area (Å²) < 4.78 is 5.74. The highest BCUT2D eigenvalue weighted by Gasteiger charge is 2.10. The van der Waals surface area contributed by atoms with Crippen molar-refractivity contribution in [2.24, 2.45) is 11.7 Å². The molecule has 0 aliphatic heterocycles. The third kappa shape index (κ3) is 5.58. The molecule has 0 radical (unpaired) electrons. The molecule has 0 unspecified atom stereocenters. The van der Waals surface area contributed by atoms with Gasteiger partial charge in [0.05, 0.1) is 12.3 Å². The Hall–Kier alpha value is -2.04. The lowest BCUT2D eigenvalue weighted by molar-refractivity contribution is 0.102. The molecule has 4 nitrogen and oxygen atoms in total. The van der Waals surface area contributed by atoms with Crippen LogP contribution >= 0.6 is 12.4 Å². The monoisotopic (exact) mass is 334 g/mol. The molecule has 3 N–H and O–H groups in total. The molecule has 0 heterocycles. The van der Waals surface area contributed by atoms with Crippen LogP contribution in [0.4, 0.5) is 5.69 Å². The lowest BCUT2D eigenvalue weighted by Crippen LogP contribution is -2.14. The summed E-state index contributed by atoms with van der Waals surface area (Å²) in [6.45, 7) is 5.24. The molecule has 0 spiro atoms. The zero-order chi connectivity index (χ0) is 15.9. The molecule has 0 aliphatic rings. The fraction of sp³-hybridized carbons (Fsp3) is 0.278. The van der Waals surface area contributed by atoms with Gasteiger partial charge in [-0.3, -0.25) is 4.79 Å². The van der Waals surface area contributed by atoms with E-state index in [0.717, 1.165) is 5.56 Å². The lowest BCUT2D eigenvalue weighted by Gasteiger charge is -2.14. The van der Waals surface area contributed by atoms with E-state index in [9.17, 15) is 4.79 Å². The predicted octanol–water partition coefficient (Wildman–Crippen LogP) is 3.85. The summed E-state index contributed by atoms with van der Waals surface area (Å²) >= 11 is 0. The first-order valence-electron chi connectivity index (χ1n) is 7.42. The molecular formula is C18H23ClN2O2. The molecule has 0 bridgehead atoms. The first-order chi connectivity index (χ1) is 10.6. The fourth-order valence-corrected chi connectivity index (χ4v) is 1.94. The number of hydrogen-bond acceptors (Lipinski definition) is 3. The van der Waals surface area contributed by atoms with E-state index >= 15 is 0 Å². The van der Waals surface area contributed by atoms with Gasteiger partial charge in [-0.1, -0.05) is 38.1 Å². The van der Waals surface area contributed by atoms with E-state index in [0.29, 0.717) is 36.1 Å². The van der Waals surface area contributed by atoms with Gasteiger partial charge in [0.25, 0.3) is 5.91 Å². The highest BCUT2D eigenvalue weighted by Crippen LogP contribution is 2.25. The van der Waals surface area contributed by atoms with Gasteiger partial charge in [-0.2, -0.15) is 0 Å². The summed E-state index contributed by atoms with van der Waals surface area (Å²) in [6.07, 6.45) is 0. The Labute approximate surface area is 143 Å². The smallest absolute Gasteiger partial charge is 0.255 e. The van der Waals surface area contributed by atoms with E-state index in [2.05, 4.69) is 19.2 Å². The van der Waals surface area contributed by atoms with Crippen molar-refractivity contribution in [3.05, 3.63) is 59.7 Å². The number of anilines is 1. The van der Waals surface area contributed by atoms with Gasteiger partial charge in [-0.25, -0.2) is 0 Å². The first-order valence-corrected chi connectivity index (χ1v) is 7.42. The Bertz CT molecular complexity index is 627. The second-order valence-corrected chi connectivity index (χ2v) is 5.56. The average molecular weight is 335 g/mol. The number of para-hydroxylation sites is 2. The molecule has 23 heavy (non-hydrogen) atoms. The zero-order valence-corrected chi connectivity index (χ0v) is 14.2. The van der Waals surface area contributed by atoms with Crippen molar-refractivity contribution in [1.82, 2.24) is 0 Å². The Morgan fingerprint density at radius 1 is 1.13 bits per heavy atom.